The molecule has 6 nitrogen and oxygen atoms in total. The van der Waals surface area contributed by atoms with Crippen molar-refractivity contribution in [2.24, 2.45) is 0 Å². The second-order valence-corrected chi connectivity index (χ2v) is 5.64. The molecule has 4 aromatic rings. The van der Waals surface area contributed by atoms with E-state index in [1.54, 1.807) is 36.4 Å². The fraction of sp³-hybridized carbons (Fsp3) is 0. The lowest BCUT2D eigenvalue weighted by Gasteiger charge is -2.08. The van der Waals surface area contributed by atoms with Gasteiger partial charge in [0.1, 0.15) is 17.2 Å². The maximum absolute atomic E-state index is 9.36. The predicted octanol–water partition coefficient (Wildman–Crippen LogP) is 4.48. The molecule has 0 aliphatic heterocycles. The number of para-hydroxylation sites is 1. The lowest BCUT2D eigenvalue weighted by atomic mass is 10.1. The minimum absolute atomic E-state index is 0.176. The van der Waals surface area contributed by atoms with Crippen molar-refractivity contribution in [3.05, 3.63) is 72.8 Å². The number of aromatic nitrogens is 2. The van der Waals surface area contributed by atoms with Gasteiger partial charge in [0.2, 0.25) is 5.82 Å². The van der Waals surface area contributed by atoms with E-state index < -0.39 is 0 Å². The summed E-state index contributed by atoms with van der Waals surface area (Å²) in [5, 5.41) is 13.4. The molecule has 0 atom stereocenters. The van der Waals surface area contributed by atoms with Crippen molar-refractivity contribution >= 4 is 5.69 Å². The van der Waals surface area contributed by atoms with Crippen LogP contribution in [0.1, 0.15) is 0 Å². The molecule has 0 fully saturated rings. The highest BCUT2D eigenvalue weighted by Gasteiger charge is 2.12. The molecule has 0 spiro atoms. The highest BCUT2D eigenvalue weighted by Crippen LogP contribution is 2.31. The fourth-order valence-electron chi connectivity index (χ4n) is 2.46. The van der Waals surface area contributed by atoms with Crippen LogP contribution in [0.5, 0.6) is 17.2 Å². The largest absolute Gasteiger partial charge is 0.508 e. The molecule has 4 rings (SSSR count). The average Bonchev–Trinajstić information content (AvgIpc) is 3.15. The number of hydrogen-bond donors (Lipinski definition) is 2. The number of nitrogens with zero attached hydrogens (tertiary/aromatic N) is 2. The number of benzene rings is 3. The smallest absolute Gasteiger partial charge is 0.258 e. The van der Waals surface area contributed by atoms with Crippen LogP contribution in [0.4, 0.5) is 5.69 Å². The van der Waals surface area contributed by atoms with Crippen LogP contribution in [0, 0.1) is 0 Å². The molecule has 0 aliphatic carbocycles. The van der Waals surface area contributed by atoms with Crippen molar-refractivity contribution < 1.29 is 14.4 Å². The Morgan fingerprint density at radius 3 is 2.35 bits per heavy atom. The van der Waals surface area contributed by atoms with Gasteiger partial charge in [-0.3, -0.25) is 0 Å². The van der Waals surface area contributed by atoms with E-state index in [-0.39, 0.29) is 5.75 Å². The minimum Gasteiger partial charge on any atom is -0.508 e. The summed E-state index contributed by atoms with van der Waals surface area (Å²) < 4.78 is 11.1. The molecule has 1 heterocycles. The second-order valence-electron chi connectivity index (χ2n) is 5.64. The maximum atomic E-state index is 9.36. The second kappa shape index (κ2) is 6.60. The minimum atomic E-state index is 0.176. The monoisotopic (exact) mass is 345 g/mol. The van der Waals surface area contributed by atoms with E-state index in [9.17, 15) is 5.11 Å². The van der Waals surface area contributed by atoms with Crippen molar-refractivity contribution in [3.63, 3.8) is 0 Å². The first kappa shape index (κ1) is 15.7. The third kappa shape index (κ3) is 3.21. The summed E-state index contributed by atoms with van der Waals surface area (Å²) in [7, 11) is 0. The van der Waals surface area contributed by atoms with Crippen molar-refractivity contribution in [1.82, 2.24) is 10.1 Å². The van der Waals surface area contributed by atoms with Gasteiger partial charge in [0.05, 0.1) is 5.69 Å². The number of anilines is 1. The summed E-state index contributed by atoms with van der Waals surface area (Å²) in [4.78, 5) is 4.38. The van der Waals surface area contributed by atoms with E-state index in [2.05, 4.69) is 10.1 Å². The molecule has 3 aromatic carbocycles. The van der Waals surface area contributed by atoms with E-state index in [0.29, 0.717) is 28.9 Å². The fourth-order valence-corrected chi connectivity index (χ4v) is 2.46. The van der Waals surface area contributed by atoms with Crippen LogP contribution >= 0.6 is 0 Å². The first-order chi connectivity index (χ1) is 12.7. The summed E-state index contributed by atoms with van der Waals surface area (Å²) in [6, 6.07) is 21.3. The Bertz CT molecular complexity index is 1030. The van der Waals surface area contributed by atoms with E-state index >= 15 is 0 Å². The predicted molar refractivity (Wildman–Crippen MR) is 97.8 cm³/mol. The summed E-state index contributed by atoms with van der Waals surface area (Å²) in [5.74, 6) is 2.23. The number of phenols is 1. The molecular weight excluding hydrogens is 330 g/mol. The van der Waals surface area contributed by atoms with Gasteiger partial charge in [-0.2, -0.15) is 4.98 Å². The zero-order valence-corrected chi connectivity index (χ0v) is 13.7. The number of phenolic OH excluding ortho intramolecular Hbond substituents is 1. The highest BCUT2D eigenvalue weighted by molar-refractivity contribution is 5.68. The molecule has 0 amide bonds. The van der Waals surface area contributed by atoms with E-state index in [4.69, 9.17) is 15.0 Å². The quantitative estimate of drug-likeness (QED) is 0.529. The van der Waals surface area contributed by atoms with Crippen molar-refractivity contribution in [1.29, 1.82) is 0 Å². The summed E-state index contributed by atoms with van der Waals surface area (Å²) >= 11 is 0. The molecule has 0 bridgehead atoms. The van der Waals surface area contributed by atoms with Crippen molar-refractivity contribution in [3.8, 4) is 40.1 Å². The number of hydrogen-bond acceptors (Lipinski definition) is 6. The first-order valence-electron chi connectivity index (χ1n) is 7.95. The molecule has 0 radical (unpaired) electrons. The van der Waals surface area contributed by atoms with Gasteiger partial charge in [-0.1, -0.05) is 23.4 Å². The Morgan fingerprint density at radius 1 is 0.885 bits per heavy atom. The Labute approximate surface area is 149 Å². The summed E-state index contributed by atoms with van der Waals surface area (Å²) in [6.07, 6.45) is 0. The summed E-state index contributed by atoms with van der Waals surface area (Å²) in [5.41, 5.74) is 8.02. The van der Waals surface area contributed by atoms with Crippen LogP contribution < -0.4 is 10.5 Å². The van der Waals surface area contributed by atoms with E-state index in [0.717, 1.165) is 11.1 Å². The van der Waals surface area contributed by atoms with Crippen LogP contribution in [0.25, 0.3) is 22.8 Å². The average molecular weight is 345 g/mol. The molecule has 1 aromatic heterocycles. The van der Waals surface area contributed by atoms with Gasteiger partial charge in [-0.15, -0.1) is 0 Å². The Morgan fingerprint density at radius 2 is 1.62 bits per heavy atom. The van der Waals surface area contributed by atoms with E-state index in [1.807, 2.05) is 36.4 Å². The zero-order valence-electron chi connectivity index (χ0n) is 13.7. The van der Waals surface area contributed by atoms with Crippen LogP contribution in [-0.4, -0.2) is 15.2 Å². The van der Waals surface area contributed by atoms with Crippen LogP contribution in [0.2, 0.25) is 0 Å². The summed E-state index contributed by atoms with van der Waals surface area (Å²) in [6.45, 7) is 0. The maximum Gasteiger partial charge on any atom is 0.258 e. The van der Waals surface area contributed by atoms with Gasteiger partial charge in [-0.05, 0) is 54.6 Å². The van der Waals surface area contributed by atoms with Crippen LogP contribution in [0.15, 0.2) is 77.3 Å². The molecule has 6 heteroatoms. The van der Waals surface area contributed by atoms with Gasteiger partial charge < -0.3 is 20.1 Å². The number of nitrogens with two attached hydrogens (primary N) is 1. The number of nitrogen functional groups attached to an aromatic ring is 1. The zero-order chi connectivity index (χ0) is 17.9. The Kier molecular flexibility index (Phi) is 3.99. The molecule has 0 saturated heterocycles. The van der Waals surface area contributed by atoms with Crippen molar-refractivity contribution in [2.45, 2.75) is 0 Å². The number of rotatable bonds is 4. The van der Waals surface area contributed by atoms with Gasteiger partial charge in [0.15, 0.2) is 0 Å². The molecule has 128 valence electrons. The SMILES string of the molecule is Nc1cc(-c2noc(-c3ccc(O)cc3)n2)ccc1Oc1ccccc1. The Hall–Kier alpha value is -3.80. The molecule has 3 N–H and O–H groups in total. The van der Waals surface area contributed by atoms with Gasteiger partial charge in [0.25, 0.3) is 5.89 Å². The third-order valence-corrected chi connectivity index (χ3v) is 3.78. The van der Waals surface area contributed by atoms with Crippen molar-refractivity contribution in [2.75, 3.05) is 5.73 Å². The van der Waals surface area contributed by atoms with Crippen LogP contribution in [0.3, 0.4) is 0 Å². The lowest BCUT2D eigenvalue weighted by molar-refractivity contribution is 0.432. The van der Waals surface area contributed by atoms with Gasteiger partial charge in [-0.25, -0.2) is 0 Å². The van der Waals surface area contributed by atoms with Gasteiger partial charge in [0, 0.05) is 11.1 Å². The van der Waals surface area contributed by atoms with E-state index in [1.165, 1.54) is 0 Å². The molecule has 26 heavy (non-hydrogen) atoms. The van der Waals surface area contributed by atoms with Crippen LogP contribution in [-0.2, 0) is 0 Å². The molecular formula is C20H15N3O3. The molecule has 0 saturated carbocycles. The van der Waals surface area contributed by atoms with Gasteiger partial charge >= 0.3 is 0 Å². The topological polar surface area (TPSA) is 94.4 Å². The number of aromatic hydroxyl groups is 1. The number of ether oxygens (including phenoxy) is 1. The standard InChI is InChI=1S/C20H15N3O3/c21-17-12-14(8-11-18(17)25-16-4-2-1-3-5-16)19-22-20(26-23-19)13-6-9-15(24)10-7-13/h1-12,24H,21H2. The highest BCUT2D eigenvalue weighted by atomic mass is 16.5. The third-order valence-electron chi connectivity index (χ3n) is 3.78. The normalized spacial score (nSPS) is 10.6. The molecule has 0 unspecified atom stereocenters. The molecule has 0 aliphatic rings. The lowest BCUT2D eigenvalue weighted by Crippen LogP contribution is -1.93. The Balaban J connectivity index is 1.59. The first-order valence-corrected chi connectivity index (χ1v) is 7.95.